The smallest absolute Gasteiger partial charge is 0.201 e. The number of anilines is 1. The molecule has 4 nitrogen and oxygen atoms in total. The van der Waals surface area contributed by atoms with E-state index in [1.54, 1.807) is 7.11 Å². The number of rotatable bonds is 5. The van der Waals surface area contributed by atoms with Gasteiger partial charge in [0.15, 0.2) is 0 Å². The monoisotopic (exact) mass is 365 g/mol. The summed E-state index contributed by atoms with van der Waals surface area (Å²) in [6, 6.07) is 24.9. The highest BCUT2D eigenvalue weighted by Crippen LogP contribution is 2.39. The van der Waals surface area contributed by atoms with Crippen LogP contribution in [-0.4, -0.2) is 16.8 Å². The molecule has 3 aromatic carbocycles. The third kappa shape index (κ3) is 3.18. The van der Waals surface area contributed by atoms with Crippen molar-refractivity contribution in [3.05, 3.63) is 84.4 Å². The Bertz CT molecular complexity index is 912. The minimum absolute atomic E-state index is 0.252. The van der Waals surface area contributed by atoms with Crippen molar-refractivity contribution in [3.8, 4) is 11.5 Å². The largest absolute Gasteiger partial charge is 0.497 e. The predicted molar refractivity (Wildman–Crippen MR) is 103 cm³/mol. The maximum absolute atomic E-state index is 13.0. The van der Waals surface area contributed by atoms with Crippen LogP contribution in [0.3, 0.4) is 0 Å². The molecule has 0 saturated heterocycles. The average molecular weight is 365 g/mol. The number of fused-ring (bicyclic) bond motifs is 1. The Hall–Kier alpha value is -2.79. The zero-order valence-corrected chi connectivity index (χ0v) is 15.1. The minimum atomic E-state index is -1.26. The molecule has 1 aliphatic rings. The molecule has 132 valence electrons. The first-order valence-electron chi connectivity index (χ1n) is 8.38. The fourth-order valence-corrected chi connectivity index (χ4v) is 4.48. The van der Waals surface area contributed by atoms with E-state index in [-0.39, 0.29) is 6.04 Å². The molecule has 0 aromatic heterocycles. The van der Waals surface area contributed by atoms with Gasteiger partial charge in [-0.1, -0.05) is 42.5 Å². The summed E-state index contributed by atoms with van der Waals surface area (Å²) < 4.78 is 24.3. The fraction of sp³-hybridized carbons (Fsp3) is 0.143. The number of ether oxygens (including phenoxy) is 2. The normalized spacial score (nSPS) is 19.3. The van der Waals surface area contributed by atoms with Gasteiger partial charge in [0, 0.05) is 5.69 Å². The SMILES string of the molecule is COc1ccc(N[C@@H](c2ccccc2)[C@@H]2Oc3ccccc3[S@@]2=O)cc1. The molecule has 0 aliphatic carbocycles. The van der Waals surface area contributed by atoms with Crippen LogP contribution in [0.4, 0.5) is 5.69 Å². The highest BCUT2D eigenvalue weighted by atomic mass is 32.2. The summed E-state index contributed by atoms with van der Waals surface area (Å²) in [5.41, 5.74) is 1.43. The van der Waals surface area contributed by atoms with Crippen LogP contribution in [0.1, 0.15) is 11.6 Å². The Balaban J connectivity index is 1.67. The maximum Gasteiger partial charge on any atom is 0.201 e. The number of benzene rings is 3. The Morgan fingerprint density at radius 3 is 2.35 bits per heavy atom. The van der Waals surface area contributed by atoms with E-state index in [1.165, 1.54) is 0 Å². The number of para-hydroxylation sites is 1. The lowest BCUT2D eigenvalue weighted by Gasteiger charge is -2.25. The quantitative estimate of drug-likeness (QED) is 0.729. The first kappa shape index (κ1) is 16.7. The van der Waals surface area contributed by atoms with E-state index >= 15 is 0 Å². The van der Waals surface area contributed by atoms with E-state index in [0.717, 1.165) is 21.9 Å². The van der Waals surface area contributed by atoms with E-state index in [0.29, 0.717) is 5.75 Å². The molecule has 5 heteroatoms. The third-order valence-electron chi connectivity index (χ3n) is 4.36. The summed E-state index contributed by atoms with van der Waals surface area (Å²) in [4.78, 5) is 0.745. The van der Waals surface area contributed by atoms with Crippen LogP contribution in [0.2, 0.25) is 0 Å². The lowest BCUT2D eigenvalue weighted by atomic mass is 10.1. The lowest BCUT2D eigenvalue weighted by Crippen LogP contribution is -2.31. The van der Waals surface area contributed by atoms with Crippen LogP contribution in [0.5, 0.6) is 11.5 Å². The Kier molecular flexibility index (Phi) is 4.63. The second-order valence-corrected chi connectivity index (χ2v) is 7.49. The van der Waals surface area contributed by atoms with Gasteiger partial charge in [0.05, 0.1) is 12.0 Å². The molecule has 0 radical (unpaired) electrons. The van der Waals surface area contributed by atoms with E-state index < -0.39 is 16.2 Å². The Morgan fingerprint density at radius 1 is 0.962 bits per heavy atom. The molecule has 0 bridgehead atoms. The van der Waals surface area contributed by atoms with E-state index in [9.17, 15) is 4.21 Å². The van der Waals surface area contributed by atoms with E-state index in [2.05, 4.69) is 5.32 Å². The summed E-state index contributed by atoms with van der Waals surface area (Å²) in [6.45, 7) is 0. The van der Waals surface area contributed by atoms with Gasteiger partial charge in [-0.15, -0.1) is 0 Å². The van der Waals surface area contributed by atoms with Crippen LogP contribution < -0.4 is 14.8 Å². The number of nitrogens with one attached hydrogen (secondary N) is 1. The molecular formula is C21H19NO3S. The van der Waals surface area contributed by atoms with E-state index in [4.69, 9.17) is 9.47 Å². The molecule has 3 aromatic rings. The maximum atomic E-state index is 13.0. The lowest BCUT2D eigenvalue weighted by molar-refractivity contribution is 0.267. The predicted octanol–water partition coefficient (Wildman–Crippen LogP) is 4.37. The van der Waals surface area contributed by atoms with Crippen LogP contribution in [0, 0.1) is 0 Å². The number of methoxy groups -OCH3 is 1. The molecule has 0 spiro atoms. The third-order valence-corrected chi connectivity index (χ3v) is 5.92. The molecule has 1 N–H and O–H groups in total. The van der Waals surface area contributed by atoms with Gasteiger partial charge in [-0.3, -0.25) is 4.21 Å². The topological polar surface area (TPSA) is 47.6 Å². The standard InChI is InChI=1S/C21H19NO3S/c1-24-17-13-11-16(12-14-17)22-20(15-7-3-2-4-8-15)21-25-18-9-5-6-10-19(18)26(21)23/h2-14,20-22H,1H3/t20-,21+,26-/m0/s1. The molecule has 0 saturated carbocycles. The Morgan fingerprint density at radius 2 is 1.65 bits per heavy atom. The molecule has 4 rings (SSSR count). The van der Waals surface area contributed by atoms with Gasteiger partial charge >= 0.3 is 0 Å². The van der Waals surface area contributed by atoms with Gasteiger partial charge < -0.3 is 14.8 Å². The molecule has 0 unspecified atom stereocenters. The van der Waals surface area contributed by atoms with Crippen molar-refractivity contribution in [2.24, 2.45) is 0 Å². The number of hydrogen-bond acceptors (Lipinski definition) is 4. The second kappa shape index (κ2) is 7.22. The molecular weight excluding hydrogens is 346 g/mol. The van der Waals surface area contributed by atoms with Gasteiger partial charge in [-0.05, 0) is 42.0 Å². The van der Waals surface area contributed by atoms with Crippen molar-refractivity contribution >= 4 is 16.5 Å². The van der Waals surface area contributed by atoms with Crippen molar-refractivity contribution in [2.75, 3.05) is 12.4 Å². The minimum Gasteiger partial charge on any atom is -0.497 e. The summed E-state index contributed by atoms with van der Waals surface area (Å²) in [5, 5.41) is 3.48. The first-order chi connectivity index (χ1) is 12.8. The van der Waals surface area contributed by atoms with Crippen LogP contribution in [-0.2, 0) is 10.8 Å². The van der Waals surface area contributed by atoms with Gasteiger partial charge in [0.25, 0.3) is 0 Å². The fourth-order valence-electron chi connectivity index (χ4n) is 3.04. The van der Waals surface area contributed by atoms with Gasteiger partial charge in [-0.2, -0.15) is 0 Å². The second-order valence-electron chi connectivity index (χ2n) is 5.99. The van der Waals surface area contributed by atoms with Gasteiger partial charge in [-0.25, -0.2) is 0 Å². The van der Waals surface area contributed by atoms with Crippen molar-refractivity contribution in [3.63, 3.8) is 0 Å². The van der Waals surface area contributed by atoms with Crippen molar-refractivity contribution in [2.45, 2.75) is 16.4 Å². The van der Waals surface area contributed by atoms with Crippen LogP contribution in [0.15, 0.2) is 83.8 Å². The zero-order chi connectivity index (χ0) is 17.9. The first-order valence-corrected chi connectivity index (χ1v) is 9.59. The Labute approximate surface area is 155 Å². The van der Waals surface area contributed by atoms with Crippen molar-refractivity contribution < 1.29 is 13.7 Å². The average Bonchev–Trinajstić information content (AvgIpc) is 3.04. The molecule has 1 heterocycles. The van der Waals surface area contributed by atoms with E-state index in [1.807, 2.05) is 78.9 Å². The van der Waals surface area contributed by atoms with Gasteiger partial charge in [0.1, 0.15) is 28.3 Å². The summed E-state index contributed by atoms with van der Waals surface area (Å²) in [5.74, 6) is 1.48. The number of hydrogen-bond donors (Lipinski definition) is 1. The molecule has 1 aliphatic heterocycles. The van der Waals surface area contributed by atoms with Gasteiger partial charge in [0.2, 0.25) is 5.44 Å². The molecule has 0 amide bonds. The molecule has 0 fully saturated rings. The summed E-state index contributed by atoms with van der Waals surface area (Å²) >= 11 is 0. The zero-order valence-electron chi connectivity index (χ0n) is 14.3. The van der Waals surface area contributed by atoms with Crippen LogP contribution >= 0.6 is 0 Å². The van der Waals surface area contributed by atoms with Crippen molar-refractivity contribution in [1.82, 2.24) is 0 Å². The molecule has 3 atom stereocenters. The summed E-state index contributed by atoms with van der Waals surface area (Å²) in [7, 11) is 0.386. The summed E-state index contributed by atoms with van der Waals surface area (Å²) in [6.07, 6.45) is 0. The van der Waals surface area contributed by atoms with Crippen LogP contribution in [0.25, 0.3) is 0 Å². The molecule has 26 heavy (non-hydrogen) atoms. The highest BCUT2D eigenvalue weighted by molar-refractivity contribution is 7.86. The van der Waals surface area contributed by atoms with Crippen molar-refractivity contribution in [1.29, 1.82) is 0 Å². The highest BCUT2D eigenvalue weighted by Gasteiger charge is 2.38.